The Morgan fingerprint density at radius 2 is 2.12 bits per heavy atom. The molecule has 26 heavy (non-hydrogen) atoms. The number of hydrogen-bond donors (Lipinski definition) is 0. The Hall–Kier alpha value is -1.06. The van der Waals surface area contributed by atoms with E-state index in [-0.39, 0.29) is 23.7 Å². The number of Topliss-reactive ketones (excluding diaryl/α,β-unsaturated/α-hetero) is 1. The number of hydrogen-bond acceptors (Lipinski definition) is 3. The predicted molar refractivity (Wildman–Crippen MR) is 105 cm³/mol. The summed E-state index contributed by atoms with van der Waals surface area (Å²) in [5.74, 6) is 3.21. The molecule has 2 saturated carbocycles. The van der Waals surface area contributed by atoms with Gasteiger partial charge in [-0.2, -0.15) is 0 Å². The van der Waals surface area contributed by atoms with Gasteiger partial charge in [0.25, 0.3) is 0 Å². The van der Waals surface area contributed by atoms with Crippen molar-refractivity contribution < 1.29 is 9.53 Å². The van der Waals surface area contributed by atoms with Gasteiger partial charge in [0.2, 0.25) is 0 Å². The van der Waals surface area contributed by atoms with Gasteiger partial charge in [-0.15, -0.1) is 12.4 Å². The van der Waals surface area contributed by atoms with Gasteiger partial charge in [0.15, 0.2) is 0 Å². The molecule has 3 nitrogen and oxygen atoms in total. The van der Waals surface area contributed by atoms with Crippen molar-refractivity contribution in [2.75, 3.05) is 20.2 Å². The van der Waals surface area contributed by atoms with Crippen molar-refractivity contribution in [1.82, 2.24) is 4.90 Å². The van der Waals surface area contributed by atoms with E-state index in [0.717, 1.165) is 43.9 Å². The topological polar surface area (TPSA) is 29.5 Å². The molecule has 5 rings (SSSR count). The van der Waals surface area contributed by atoms with E-state index in [2.05, 4.69) is 30.0 Å². The maximum Gasteiger partial charge on any atom is 0.136 e. The minimum atomic E-state index is 0. The van der Waals surface area contributed by atoms with Crippen molar-refractivity contribution in [3.8, 4) is 5.75 Å². The number of halogens is 1. The van der Waals surface area contributed by atoms with Gasteiger partial charge in [-0.3, -0.25) is 9.69 Å². The molecule has 1 aromatic carbocycles. The monoisotopic (exact) mass is 375 g/mol. The molecule has 4 aliphatic rings. The molecule has 1 aliphatic heterocycles. The second-order valence-corrected chi connectivity index (χ2v) is 9.03. The minimum Gasteiger partial charge on any atom is -0.497 e. The largest absolute Gasteiger partial charge is 0.497 e. The Morgan fingerprint density at radius 3 is 2.85 bits per heavy atom. The van der Waals surface area contributed by atoms with Gasteiger partial charge < -0.3 is 4.74 Å². The lowest BCUT2D eigenvalue weighted by atomic mass is 9.50. The van der Waals surface area contributed by atoms with Crippen LogP contribution in [0.25, 0.3) is 0 Å². The number of piperidine rings is 1. The Balaban J connectivity index is 0.00000168. The Morgan fingerprint density at radius 1 is 1.31 bits per heavy atom. The van der Waals surface area contributed by atoms with Gasteiger partial charge in [-0.05, 0) is 73.7 Å². The van der Waals surface area contributed by atoms with Gasteiger partial charge in [0.1, 0.15) is 11.5 Å². The number of nitrogens with zero attached hydrogens (tertiary/aromatic N) is 1. The highest BCUT2D eigenvalue weighted by Crippen LogP contribution is 2.56. The molecular weight excluding hydrogens is 346 g/mol. The Labute approximate surface area is 162 Å². The van der Waals surface area contributed by atoms with Crippen LogP contribution in [0.3, 0.4) is 0 Å². The van der Waals surface area contributed by atoms with Gasteiger partial charge in [0, 0.05) is 30.3 Å². The average Bonchev–Trinajstić information content (AvgIpc) is 3.42. The molecule has 0 radical (unpaired) electrons. The van der Waals surface area contributed by atoms with Crippen LogP contribution in [0.2, 0.25) is 0 Å². The van der Waals surface area contributed by atoms with Crippen molar-refractivity contribution in [1.29, 1.82) is 0 Å². The fourth-order valence-electron chi connectivity index (χ4n) is 6.03. The van der Waals surface area contributed by atoms with E-state index in [1.165, 1.54) is 30.5 Å². The van der Waals surface area contributed by atoms with E-state index >= 15 is 0 Å². The highest BCUT2D eigenvalue weighted by atomic mass is 35.5. The summed E-state index contributed by atoms with van der Waals surface area (Å²) in [4.78, 5) is 15.5. The van der Waals surface area contributed by atoms with E-state index in [4.69, 9.17) is 4.74 Å². The molecule has 3 aliphatic carbocycles. The van der Waals surface area contributed by atoms with Crippen molar-refractivity contribution >= 4 is 18.2 Å². The van der Waals surface area contributed by atoms with E-state index in [0.29, 0.717) is 17.7 Å². The highest BCUT2D eigenvalue weighted by molar-refractivity contribution is 5.85. The van der Waals surface area contributed by atoms with Crippen molar-refractivity contribution in [2.45, 2.75) is 56.9 Å². The molecule has 4 atom stereocenters. The fraction of sp³-hybridized carbons (Fsp3) is 0.682. The quantitative estimate of drug-likeness (QED) is 0.799. The number of ketones is 1. The predicted octanol–water partition coefficient (Wildman–Crippen LogP) is 4.01. The van der Waals surface area contributed by atoms with Crippen LogP contribution < -0.4 is 4.74 Å². The zero-order valence-corrected chi connectivity index (χ0v) is 16.7. The molecule has 1 heterocycles. The van der Waals surface area contributed by atoms with Crippen molar-refractivity contribution in [3.63, 3.8) is 0 Å². The van der Waals surface area contributed by atoms with Gasteiger partial charge in [0.05, 0.1) is 7.11 Å². The second-order valence-electron chi connectivity index (χ2n) is 9.03. The maximum atomic E-state index is 12.7. The van der Waals surface area contributed by atoms with Crippen molar-refractivity contribution in [2.24, 2.45) is 17.8 Å². The first kappa shape index (κ1) is 18.3. The molecule has 0 aromatic heterocycles. The smallest absolute Gasteiger partial charge is 0.136 e. The summed E-state index contributed by atoms with van der Waals surface area (Å²) in [6.07, 6.45) is 6.94. The first-order valence-electron chi connectivity index (χ1n) is 10.0. The first-order valence-corrected chi connectivity index (χ1v) is 10.0. The van der Waals surface area contributed by atoms with Gasteiger partial charge >= 0.3 is 0 Å². The number of ether oxygens (including phenoxy) is 1. The van der Waals surface area contributed by atoms with Gasteiger partial charge in [-0.25, -0.2) is 0 Å². The summed E-state index contributed by atoms with van der Waals surface area (Å²) in [5, 5.41) is 0. The number of methoxy groups -OCH3 is 1. The summed E-state index contributed by atoms with van der Waals surface area (Å²) in [6, 6.07) is 7.25. The van der Waals surface area contributed by atoms with Crippen LogP contribution >= 0.6 is 12.4 Å². The number of carbonyl (C=O) groups excluding carboxylic acids is 1. The van der Waals surface area contributed by atoms with Crippen molar-refractivity contribution in [3.05, 3.63) is 29.3 Å². The third kappa shape index (κ3) is 2.70. The van der Waals surface area contributed by atoms with Crippen LogP contribution in [0.1, 0.15) is 50.2 Å². The van der Waals surface area contributed by atoms with E-state index in [1.807, 2.05) is 0 Å². The summed E-state index contributed by atoms with van der Waals surface area (Å²) in [5.41, 5.74) is 2.96. The molecular formula is C22H30ClNO2. The SMILES string of the molecule is COc1ccc2c(c1)C13CCN(CC4CC4)C(C2)[C@H]1C[C@@H](C)C(=O)C3.Cl. The van der Waals surface area contributed by atoms with E-state index < -0.39 is 0 Å². The third-order valence-corrected chi connectivity index (χ3v) is 7.61. The molecule has 0 amide bonds. The lowest BCUT2D eigenvalue weighted by Crippen LogP contribution is -2.63. The summed E-state index contributed by atoms with van der Waals surface area (Å²) < 4.78 is 5.53. The van der Waals surface area contributed by atoms with Crippen LogP contribution in [0.4, 0.5) is 0 Å². The van der Waals surface area contributed by atoms with E-state index in [9.17, 15) is 4.79 Å². The number of benzene rings is 1. The lowest BCUT2D eigenvalue weighted by molar-refractivity contribution is -0.132. The third-order valence-electron chi connectivity index (χ3n) is 7.61. The van der Waals surface area contributed by atoms with E-state index in [1.54, 1.807) is 7.11 Å². The van der Waals surface area contributed by atoms with Gasteiger partial charge in [-0.1, -0.05) is 13.0 Å². The molecule has 4 heteroatoms. The molecule has 2 unspecified atom stereocenters. The molecule has 1 aromatic rings. The molecule has 2 bridgehead atoms. The normalized spacial score (nSPS) is 35.9. The van der Waals surface area contributed by atoms with Crippen LogP contribution in [-0.4, -0.2) is 36.9 Å². The number of rotatable bonds is 3. The molecule has 0 spiro atoms. The standard InChI is InChI=1S/C22H29NO2.ClH/c1-14-9-19-20-10-16-5-6-17(25-2)11-18(16)22(19,12-21(14)24)7-8-23(20)13-15-3-4-15;/h5-6,11,14-15,19-20H,3-4,7-10,12-13H2,1-2H3;1H/t14-,19-,20?,22?;/m1./s1. The number of likely N-dealkylation sites (tertiary alicyclic amines) is 1. The average molecular weight is 376 g/mol. The lowest BCUT2D eigenvalue weighted by Gasteiger charge is -2.59. The molecule has 3 fully saturated rings. The zero-order chi connectivity index (χ0) is 17.2. The first-order chi connectivity index (χ1) is 12.1. The fourth-order valence-corrected chi connectivity index (χ4v) is 6.03. The Kier molecular flexibility index (Phi) is 4.60. The summed E-state index contributed by atoms with van der Waals surface area (Å²) in [7, 11) is 1.74. The molecule has 0 N–H and O–H groups in total. The van der Waals surface area contributed by atoms with Crippen LogP contribution in [0.15, 0.2) is 18.2 Å². The van der Waals surface area contributed by atoms with Crippen LogP contribution in [0, 0.1) is 17.8 Å². The van der Waals surface area contributed by atoms with Crippen LogP contribution in [-0.2, 0) is 16.6 Å². The summed E-state index contributed by atoms with van der Waals surface area (Å²) >= 11 is 0. The zero-order valence-electron chi connectivity index (χ0n) is 15.9. The molecule has 142 valence electrons. The van der Waals surface area contributed by atoms with Crippen LogP contribution in [0.5, 0.6) is 5.75 Å². The highest BCUT2D eigenvalue weighted by Gasteiger charge is 2.57. The molecule has 1 saturated heterocycles. The summed E-state index contributed by atoms with van der Waals surface area (Å²) in [6.45, 7) is 4.60. The minimum absolute atomic E-state index is 0. The second kappa shape index (κ2) is 6.53. The maximum absolute atomic E-state index is 12.7. The Bertz CT molecular complexity index is 716. The number of fused-ring (bicyclic) bond motifs is 1. The number of carbonyl (C=O) groups is 1.